The summed E-state index contributed by atoms with van der Waals surface area (Å²) in [7, 11) is -3.56. The highest BCUT2D eigenvalue weighted by molar-refractivity contribution is 7.89. The summed E-state index contributed by atoms with van der Waals surface area (Å²) in [5, 5.41) is 7.11. The van der Waals surface area contributed by atoms with Gasteiger partial charge in [-0.3, -0.25) is 4.79 Å². The number of hydrogen-bond donors (Lipinski definition) is 1. The second-order valence-electron chi connectivity index (χ2n) is 7.70. The van der Waals surface area contributed by atoms with Crippen LogP contribution in [0, 0.1) is 0 Å². The third kappa shape index (κ3) is 5.21. The van der Waals surface area contributed by atoms with E-state index in [1.54, 1.807) is 33.4 Å². The normalized spacial score (nSPS) is 15.4. The molecule has 2 aromatic carbocycles. The summed E-state index contributed by atoms with van der Waals surface area (Å²) in [6.45, 7) is 1.09. The van der Waals surface area contributed by atoms with Crippen LogP contribution in [-0.4, -0.2) is 41.5 Å². The summed E-state index contributed by atoms with van der Waals surface area (Å²) in [6, 6.07) is 16.1. The molecule has 8 heteroatoms. The van der Waals surface area contributed by atoms with Crippen molar-refractivity contribution >= 4 is 21.6 Å². The van der Waals surface area contributed by atoms with Gasteiger partial charge in [0.1, 0.15) is 0 Å². The molecule has 0 spiro atoms. The van der Waals surface area contributed by atoms with Crippen molar-refractivity contribution in [2.75, 3.05) is 18.4 Å². The van der Waals surface area contributed by atoms with Gasteiger partial charge in [0.25, 0.3) is 0 Å². The van der Waals surface area contributed by atoms with E-state index < -0.39 is 10.0 Å². The average molecular weight is 439 g/mol. The van der Waals surface area contributed by atoms with E-state index >= 15 is 0 Å². The van der Waals surface area contributed by atoms with Crippen LogP contribution in [-0.2, 0) is 21.2 Å². The van der Waals surface area contributed by atoms with E-state index in [0.29, 0.717) is 18.8 Å². The van der Waals surface area contributed by atoms with Gasteiger partial charge in [0.2, 0.25) is 15.9 Å². The highest BCUT2D eigenvalue weighted by atomic mass is 32.2. The summed E-state index contributed by atoms with van der Waals surface area (Å²) < 4.78 is 29.3. The Bertz CT molecular complexity index is 1130. The third-order valence-corrected chi connectivity index (χ3v) is 7.24. The second-order valence-corrected chi connectivity index (χ2v) is 9.64. The summed E-state index contributed by atoms with van der Waals surface area (Å²) >= 11 is 0. The molecule has 1 aliphatic heterocycles. The largest absolute Gasteiger partial charge is 0.326 e. The topological polar surface area (TPSA) is 84.3 Å². The van der Waals surface area contributed by atoms with Crippen LogP contribution in [0.4, 0.5) is 5.69 Å². The summed E-state index contributed by atoms with van der Waals surface area (Å²) in [5.41, 5.74) is 2.16. The Morgan fingerprint density at radius 1 is 0.968 bits per heavy atom. The first-order chi connectivity index (χ1) is 15.0. The van der Waals surface area contributed by atoms with Crippen molar-refractivity contribution in [2.45, 2.75) is 37.0 Å². The molecule has 0 radical (unpaired) electrons. The summed E-state index contributed by atoms with van der Waals surface area (Å²) in [6.07, 6.45) is 7.50. The van der Waals surface area contributed by atoms with Gasteiger partial charge >= 0.3 is 0 Å². The van der Waals surface area contributed by atoms with Gasteiger partial charge in [0.05, 0.1) is 23.2 Å². The molecule has 2 heterocycles. The fraction of sp³-hybridized carbons (Fsp3) is 0.304. The number of rotatable bonds is 6. The molecule has 162 valence electrons. The van der Waals surface area contributed by atoms with E-state index in [-0.39, 0.29) is 17.2 Å². The monoisotopic (exact) mass is 438 g/mol. The number of carbonyl (C=O) groups excluding carboxylic acids is 1. The van der Waals surface area contributed by atoms with E-state index in [4.69, 9.17) is 0 Å². The van der Waals surface area contributed by atoms with Crippen LogP contribution in [0.5, 0.6) is 0 Å². The van der Waals surface area contributed by atoms with Crippen LogP contribution >= 0.6 is 0 Å². The quantitative estimate of drug-likeness (QED) is 0.637. The molecule has 4 rings (SSSR count). The molecule has 0 bridgehead atoms. The number of hydrogen-bond acceptors (Lipinski definition) is 4. The standard InChI is InChI=1S/C23H26N4O3S/c28-23(15-19-17-24-27(18-19)21-10-4-3-5-11-21)25-20-9-8-12-22(16-20)31(29,30)26-13-6-1-2-7-14-26/h3-5,8-12,16-18H,1-2,6-7,13-15H2,(H,25,28). The molecule has 1 aromatic heterocycles. The predicted octanol–water partition coefficient (Wildman–Crippen LogP) is 3.62. The van der Waals surface area contributed by atoms with E-state index in [0.717, 1.165) is 36.9 Å². The number of para-hydroxylation sites is 1. The number of amides is 1. The fourth-order valence-corrected chi connectivity index (χ4v) is 5.29. The molecular weight excluding hydrogens is 412 g/mol. The maximum absolute atomic E-state index is 13.0. The second kappa shape index (κ2) is 9.45. The van der Waals surface area contributed by atoms with Gasteiger partial charge < -0.3 is 5.32 Å². The maximum atomic E-state index is 13.0. The molecule has 1 N–H and O–H groups in total. The van der Waals surface area contributed by atoms with Gasteiger partial charge in [-0.1, -0.05) is 37.1 Å². The van der Waals surface area contributed by atoms with Crippen molar-refractivity contribution in [1.29, 1.82) is 0 Å². The van der Waals surface area contributed by atoms with Gasteiger partial charge in [-0.05, 0) is 48.7 Å². The first kappa shape index (κ1) is 21.3. The molecule has 0 unspecified atom stereocenters. The lowest BCUT2D eigenvalue weighted by atomic mass is 10.2. The average Bonchev–Trinajstić information content (AvgIpc) is 3.05. The molecule has 3 aromatic rings. The Labute approximate surface area is 182 Å². The van der Waals surface area contributed by atoms with E-state index in [9.17, 15) is 13.2 Å². The molecule has 0 atom stereocenters. The van der Waals surface area contributed by atoms with Gasteiger partial charge in [0, 0.05) is 25.0 Å². The Morgan fingerprint density at radius 2 is 1.71 bits per heavy atom. The minimum atomic E-state index is -3.56. The van der Waals surface area contributed by atoms with Crippen molar-refractivity contribution in [3.8, 4) is 5.69 Å². The van der Waals surface area contributed by atoms with Gasteiger partial charge in [-0.25, -0.2) is 13.1 Å². The summed E-state index contributed by atoms with van der Waals surface area (Å²) in [4.78, 5) is 12.7. The molecule has 1 saturated heterocycles. The number of sulfonamides is 1. The van der Waals surface area contributed by atoms with Crippen LogP contribution in [0.15, 0.2) is 71.9 Å². The van der Waals surface area contributed by atoms with Gasteiger partial charge in [0.15, 0.2) is 0 Å². The molecule has 7 nitrogen and oxygen atoms in total. The first-order valence-electron chi connectivity index (χ1n) is 10.5. The smallest absolute Gasteiger partial charge is 0.243 e. The van der Waals surface area contributed by atoms with Crippen molar-refractivity contribution in [3.63, 3.8) is 0 Å². The molecular formula is C23H26N4O3S. The van der Waals surface area contributed by atoms with Crippen molar-refractivity contribution in [1.82, 2.24) is 14.1 Å². The van der Waals surface area contributed by atoms with E-state index in [2.05, 4.69) is 10.4 Å². The zero-order valence-corrected chi connectivity index (χ0v) is 18.1. The lowest BCUT2D eigenvalue weighted by molar-refractivity contribution is -0.115. The third-order valence-electron chi connectivity index (χ3n) is 5.34. The minimum absolute atomic E-state index is 0.149. The molecule has 1 fully saturated rings. The maximum Gasteiger partial charge on any atom is 0.243 e. The van der Waals surface area contributed by atoms with E-state index in [1.807, 2.05) is 36.5 Å². The Kier molecular flexibility index (Phi) is 6.48. The zero-order chi connectivity index (χ0) is 21.7. The van der Waals surface area contributed by atoms with Crippen molar-refractivity contribution in [2.24, 2.45) is 0 Å². The Balaban J connectivity index is 1.43. The highest BCUT2D eigenvalue weighted by Crippen LogP contribution is 2.23. The zero-order valence-electron chi connectivity index (χ0n) is 17.3. The minimum Gasteiger partial charge on any atom is -0.326 e. The number of nitrogens with one attached hydrogen (secondary N) is 1. The lowest BCUT2D eigenvalue weighted by Gasteiger charge is -2.20. The van der Waals surface area contributed by atoms with Crippen molar-refractivity contribution in [3.05, 3.63) is 72.6 Å². The van der Waals surface area contributed by atoms with Crippen LogP contribution in [0.25, 0.3) is 5.69 Å². The molecule has 1 amide bonds. The van der Waals surface area contributed by atoms with Crippen LogP contribution in [0.2, 0.25) is 0 Å². The summed E-state index contributed by atoms with van der Waals surface area (Å²) in [5.74, 6) is -0.225. The fourth-order valence-electron chi connectivity index (χ4n) is 3.73. The highest BCUT2D eigenvalue weighted by Gasteiger charge is 2.25. The molecule has 0 aliphatic carbocycles. The number of carbonyl (C=O) groups is 1. The van der Waals surface area contributed by atoms with Gasteiger partial charge in [-0.15, -0.1) is 0 Å². The lowest BCUT2D eigenvalue weighted by Crippen LogP contribution is -2.32. The Morgan fingerprint density at radius 3 is 2.45 bits per heavy atom. The van der Waals surface area contributed by atoms with Crippen LogP contribution in [0.1, 0.15) is 31.2 Å². The van der Waals surface area contributed by atoms with Crippen LogP contribution < -0.4 is 5.32 Å². The van der Waals surface area contributed by atoms with Gasteiger partial charge in [-0.2, -0.15) is 9.40 Å². The number of anilines is 1. The SMILES string of the molecule is O=C(Cc1cnn(-c2ccccc2)c1)Nc1cccc(S(=O)(=O)N2CCCCCC2)c1. The van der Waals surface area contributed by atoms with E-state index in [1.165, 1.54) is 6.07 Å². The number of nitrogens with zero attached hydrogens (tertiary/aromatic N) is 3. The first-order valence-corrected chi connectivity index (χ1v) is 12.0. The predicted molar refractivity (Wildman–Crippen MR) is 120 cm³/mol. The van der Waals surface area contributed by atoms with Crippen LogP contribution in [0.3, 0.4) is 0 Å². The van der Waals surface area contributed by atoms with Crippen molar-refractivity contribution < 1.29 is 13.2 Å². The molecule has 1 aliphatic rings. The Hall–Kier alpha value is -2.97. The molecule has 0 saturated carbocycles. The molecule has 31 heavy (non-hydrogen) atoms. The number of aromatic nitrogens is 2. The number of benzene rings is 2.